The van der Waals surface area contributed by atoms with Crippen LogP contribution in [0, 0.1) is 11.2 Å². The van der Waals surface area contributed by atoms with Gasteiger partial charge in [0.15, 0.2) is 5.96 Å². The van der Waals surface area contributed by atoms with Crippen molar-refractivity contribution < 1.29 is 18.8 Å². The van der Waals surface area contributed by atoms with Crippen LogP contribution in [0.5, 0.6) is 0 Å². The number of amides is 1. The summed E-state index contributed by atoms with van der Waals surface area (Å²) >= 11 is 0. The number of halogens is 1. The molecule has 2 heterocycles. The molecule has 3 rings (SSSR count). The third-order valence-electron chi connectivity index (χ3n) is 5.08. The van der Waals surface area contributed by atoms with Crippen LogP contribution in [0.4, 0.5) is 15.1 Å². The number of piperidine rings is 1. The lowest BCUT2D eigenvalue weighted by molar-refractivity contribution is 0.143. The number of hydrogen-bond donors (Lipinski definition) is 3. The second-order valence-corrected chi connectivity index (χ2v) is 7.63. The van der Waals surface area contributed by atoms with Crippen LogP contribution in [0.3, 0.4) is 0 Å². The largest absolute Gasteiger partial charge is 0.444 e. The van der Waals surface area contributed by atoms with Crippen LogP contribution in [0.15, 0.2) is 45.7 Å². The summed E-state index contributed by atoms with van der Waals surface area (Å²) in [6.45, 7) is 2.95. The molecule has 1 aliphatic heterocycles. The van der Waals surface area contributed by atoms with Crippen molar-refractivity contribution in [1.29, 1.82) is 5.41 Å². The van der Waals surface area contributed by atoms with Crippen molar-refractivity contribution in [1.82, 2.24) is 15.3 Å². The molecular formula is C23H28FN9O3. The molecule has 1 amide bonds. The fourth-order valence-corrected chi connectivity index (χ4v) is 3.28. The summed E-state index contributed by atoms with van der Waals surface area (Å²) in [7, 11) is 1.59. The molecule has 36 heavy (non-hydrogen) atoms. The molecule has 2 aromatic rings. The van der Waals surface area contributed by atoms with Crippen LogP contribution in [-0.2, 0) is 16.2 Å². The Morgan fingerprint density at radius 2 is 2.03 bits per heavy atom. The first-order valence-corrected chi connectivity index (χ1v) is 11.3. The van der Waals surface area contributed by atoms with E-state index in [0.717, 1.165) is 12.1 Å². The number of anilines is 1. The van der Waals surface area contributed by atoms with Crippen LogP contribution in [-0.4, -0.2) is 60.1 Å². The maximum Gasteiger partial charge on any atom is 0.414 e. The van der Waals surface area contributed by atoms with Gasteiger partial charge in [0.1, 0.15) is 12.4 Å². The van der Waals surface area contributed by atoms with Crippen molar-refractivity contribution in [3.63, 3.8) is 0 Å². The Morgan fingerprint density at radius 1 is 1.31 bits per heavy atom. The monoisotopic (exact) mass is 497 g/mol. The second kappa shape index (κ2) is 12.9. The van der Waals surface area contributed by atoms with Gasteiger partial charge in [-0.15, -0.1) is 0 Å². The summed E-state index contributed by atoms with van der Waals surface area (Å²) in [5.74, 6) is -0.585. The number of nitrogens with zero attached hydrogens (tertiary/aromatic N) is 6. The molecule has 1 fully saturated rings. The number of benzene rings is 1. The maximum absolute atomic E-state index is 15.0. The number of oxime groups is 1. The van der Waals surface area contributed by atoms with Gasteiger partial charge in [0.25, 0.3) is 0 Å². The molecule has 12 nitrogen and oxygen atoms in total. The van der Waals surface area contributed by atoms with Gasteiger partial charge in [-0.2, -0.15) is 0 Å². The average Bonchev–Trinajstić information content (AvgIpc) is 2.88. The molecule has 0 radical (unpaired) electrons. The highest BCUT2D eigenvalue weighted by Crippen LogP contribution is 2.25. The van der Waals surface area contributed by atoms with Crippen molar-refractivity contribution >= 4 is 35.9 Å². The highest BCUT2D eigenvalue weighted by molar-refractivity contribution is 5.91. The van der Waals surface area contributed by atoms with Crippen molar-refractivity contribution in [2.45, 2.75) is 32.8 Å². The number of rotatable bonds is 6. The van der Waals surface area contributed by atoms with Crippen LogP contribution >= 0.6 is 0 Å². The Balaban J connectivity index is 1.60. The summed E-state index contributed by atoms with van der Waals surface area (Å²) in [5, 5.41) is 13.1. The quantitative estimate of drug-likeness (QED) is 0.314. The number of carbonyl (C=O) groups is 1. The van der Waals surface area contributed by atoms with Gasteiger partial charge < -0.3 is 20.2 Å². The fraction of sp³-hybridized carbons (Fsp3) is 0.348. The number of nitrogens with two attached hydrogens (primary N) is 1. The van der Waals surface area contributed by atoms with E-state index < -0.39 is 17.9 Å². The average molecular weight is 498 g/mol. The Bertz CT molecular complexity index is 1160. The van der Waals surface area contributed by atoms with Crippen LogP contribution in [0.25, 0.3) is 11.1 Å². The Labute approximate surface area is 207 Å². The maximum atomic E-state index is 15.0. The molecule has 1 aliphatic rings. The van der Waals surface area contributed by atoms with Crippen molar-refractivity contribution in [3.05, 3.63) is 42.0 Å². The van der Waals surface area contributed by atoms with Crippen LogP contribution < -0.4 is 16.0 Å². The van der Waals surface area contributed by atoms with Crippen molar-refractivity contribution in [2.75, 3.05) is 25.0 Å². The molecule has 190 valence electrons. The minimum Gasteiger partial charge on any atom is -0.444 e. The first-order chi connectivity index (χ1) is 17.4. The van der Waals surface area contributed by atoms with Gasteiger partial charge in [-0.25, -0.2) is 29.1 Å². The summed E-state index contributed by atoms with van der Waals surface area (Å²) in [6, 6.07) is 4.95. The van der Waals surface area contributed by atoms with E-state index in [1.54, 1.807) is 37.8 Å². The molecule has 0 unspecified atom stereocenters. The molecular weight excluding hydrogens is 469 g/mol. The molecule has 1 saturated heterocycles. The SMILES string of the molecule is CC/C=N\C(=N/C)ON=C1CCN(c2ncc(-c3cccc(COC(=O)NC(=N)N)c3F)cn2)CC1. The van der Waals surface area contributed by atoms with E-state index in [9.17, 15) is 4.79 Å². The lowest BCUT2D eigenvalue weighted by Crippen LogP contribution is -2.36. The van der Waals surface area contributed by atoms with Gasteiger partial charge in [0.2, 0.25) is 5.95 Å². The van der Waals surface area contributed by atoms with E-state index in [4.69, 9.17) is 20.7 Å². The molecule has 0 atom stereocenters. The fourth-order valence-electron chi connectivity index (χ4n) is 3.28. The topological polar surface area (TPSA) is 164 Å². The number of hydrogen-bond acceptors (Lipinski definition) is 9. The van der Waals surface area contributed by atoms with Crippen molar-refractivity contribution in [2.24, 2.45) is 20.9 Å². The number of aliphatic imine (C=N–C) groups is 2. The van der Waals surface area contributed by atoms with E-state index >= 15 is 4.39 Å². The number of carbonyl (C=O) groups excluding carboxylic acids is 1. The summed E-state index contributed by atoms with van der Waals surface area (Å²) in [5.41, 5.74) is 6.89. The Kier molecular flexibility index (Phi) is 9.37. The smallest absolute Gasteiger partial charge is 0.414 e. The number of aromatic nitrogens is 2. The predicted molar refractivity (Wildman–Crippen MR) is 135 cm³/mol. The first kappa shape index (κ1) is 26.2. The summed E-state index contributed by atoms with van der Waals surface area (Å²) < 4.78 is 19.9. The van der Waals surface area contributed by atoms with Gasteiger partial charge in [0.05, 0.1) is 5.71 Å². The molecule has 0 saturated carbocycles. The Hall–Kier alpha value is -4.42. The number of alkyl carbamates (subject to hydrolysis) is 1. The minimum absolute atomic E-state index is 0.164. The van der Waals surface area contributed by atoms with Crippen LogP contribution in [0.1, 0.15) is 31.7 Å². The summed E-state index contributed by atoms with van der Waals surface area (Å²) in [6.07, 6.45) is 6.00. The minimum atomic E-state index is -0.940. The standard InChI is InChI=1S/C23H28FN9O3/c1-3-9-28-22(27-2)36-32-17-7-10-33(11-8-17)21-29-12-16(13-30-21)18-6-4-5-15(19(18)24)14-35-23(34)31-20(25)26/h4-6,9,12-13H,3,7-8,10-11,14H2,1-2H3,(H4,25,26,31,34)/b27-22+,28-9-. The molecule has 1 aromatic carbocycles. The van der Waals surface area contributed by atoms with Crippen molar-refractivity contribution in [3.8, 4) is 11.1 Å². The zero-order valence-corrected chi connectivity index (χ0v) is 20.1. The zero-order valence-electron chi connectivity index (χ0n) is 20.1. The van der Waals surface area contributed by atoms with Gasteiger partial charge in [-0.05, 0) is 6.42 Å². The van der Waals surface area contributed by atoms with E-state index in [-0.39, 0.29) is 23.8 Å². The van der Waals surface area contributed by atoms with E-state index in [1.165, 1.54) is 6.07 Å². The van der Waals surface area contributed by atoms with Gasteiger partial charge in [-0.1, -0.05) is 30.3 Å². The van der Waals surface area contributed by atoms with Gasteiger partial charge in [-0.3, -0.25) is 10.7 Å². The second-order valence-electron chi connectivity index (χ2n) is 7.63. The number of nitrogens with one attached hydrogen (secondary N) is 2. The Morgan fingerprint density at radius 3 is 2.67 bits per heavy atom. The zero-order chi connectivity index (χ0) is 25.9. The first-order valence-electron chi connectivity index (χ1n) is 11.3. The summed E-state index contributed by atoms with van der Waals surface area (Å²) in [4.78, 5) is 35.7. The molecule has 4 N–H and O–H groups in total. The van der Waals surface area contributed by atoms with Gasteiger partial charge >= 0.3 is 12.1 Å². The molecule has 0 spiro atoms. The number of amidine groups is 1. The third-order valence-corrected chi connectivity index (χ3v) is 5.08. The van der Waals surface area contributed by atoms with Crippen LogP contribution in [0.2, 0.25) is 0 Å². The third kappa shape index (κ3) is 7.29. The van der Waals surface area contributed by atoms with E-state index in [2.05, 4.69) is 25.1 Å². The van der Waals surface area contributed by atoms with E-state index in [0.29, 0.717) is 37.4 Å². The molecule has 0 bridgehead atoms. The molecule has 13 heteroatoms. The molecule has 0 aliphatic carbocycles. The van der Waals surface area contributed by atoms with Gasteiger partial charge in [0, 0.05) is 68.3 Å². The molecule has 1 aromatic heterocycles. The highest BCUT2D eigenvalue weighted by atomic mass is 19.1. The van der Waals surface area contributed by atoms with E-state index in [1.807, 2.05) is 17.1 Å². The normalized spacial score (nSPS) is 14.0. The number of guanidine groups is 1. The lowest BCUT2D eigenvalue weighted by Gasteiger charge is -2.27. The highest BCUT2D eigenvalue weighted by Gasteiger charge is 2.19. The predicted octanol–water partition coefficient (Wildman–Crippen LogP) is 2.84. The lowest BCUT2D eigenvalue weighted by atomic mass is 10.1. The number of ether oxygens (including phenoxy) is 1.